The van der Waals surface area contributed by atoms with E-state index in [9.17, 15) is 20.0 Å². The molecule has 8 nitrogen and oxygen atoms in total. The molecule has 0 heterocycles. The highest BCUT2D eigenvalue weighted by Gasteiger charge is 2.32. The molecular weight excluding hydrogens is 254 g/mol. The number of carbonyl (C=O) groups excluding carboxylic acids is 1. The standard InChI is InChI=1S/C11H11N3O5/c1-2-19-11(16)9(13-12)10(15)7-3-5-8(6-4-7)14(17)18/h3-6,10,15H,2H2,1H3. The quantitative estimate of drug-likeness (QED) is 0.211. The van der Waals surface area contributed by atoms with Gasteiger partial charge < -0.3 is 15.4 Å². The number of esters is 1. The Bertz CT molecular complexity index is 534. The molecule has 8 heteroatoms. The minimum absolute atomic E-state index is 0.0604. The van der Waals surface area contributed by atoms with Gasteiger partial charge in [0.2, 0.25) is 0 Å². The number of nitrogens with zero attached hydrogens (tertiary/aromatic N) is 3. The van der Waals surface area contributed by atoms with Gasteiger partial charge in [0.1, 0.15) is 0 Å². The normalized spacial score (nSPS) is 11.3. The molecule has 0 bridgehead atoms. The van der Waals surface area contributed by atoms with Crippen molar-refractivity contribution >= 4 is 17.4 Å². The van der Waals surface area contributed by atoms with E-state index in [-0.39, 0.29) is 17.9 Å². The van der Waals surface area contributed by atoms with Crippen molar-refractivity contribution in [2.75, 3.05) is 6.61 Å². The highest BCUT2D eigenvalue weighted by molar-refractivity contribution is 6.35. The predicted octanol–water partition coefficient (Wildman–Crippen LogP) is 0.862. The van der Waals surface area contributed by atoms with E-state index < -0.39 is 22.7 Å². The lowest BCUT2D eigenvalue weighted by Gasteiger charge is -2.05. The molecule has 0 amide bonds. The molecule has 0 fully saturated rings. The Kier molecular flexibility index (Phi) is 4.87. The second-order valence-electron chi connectivity index (χ2n) is 3.46. The summed E-state index contributed by atoms with van der Waals surface area (Å²) in [6.45, 7) is 1.62. The van der Waals surface area contributed by atoms with E-state index >= 15 is 0 Å². The summed E-state index contributed by atoms with van der Waals surface area (Å²) in [6, 6.07) is 4.85. The number of aliphatic hydroxyl groups excluding tert-OH is 1. The SMILES string of the molecule is CCOC(=O)C(=[N+]=[N-])C(O)c1ccc([N+](=O)[O-])cc1. The maximum atomic E-state index is 11.4. The summed E-state index contributed by atoms with van der Waals surface area (Å²) >= 11 is 0. The van der Waals surface area contributed by atoms with Crippen LogP contribution in [0, 0.1) is 10.1 Å². The van der Waals surface area contributed by atoms with Gasteiger partial charge >= 0.3 is 11.7 Å². The number of hydrogen-bond acceptors (Lipinski definition) is 5. The van der Waals surface area contributed by atoms with E-state index in [0.717, 1.165) is 0 Å². The van der Waals surface area contributed by atoms with Crippen LogP contribution in [0.25, 0.3) is 5.53 Å². The van der Waals surface area contributed by atoms with E-state index in [4.69, 9.17) is 5.53 Å². The molecule has 1 N–H and O–H groups in total. The highest BCUT2D eigenvalue weighted by atomic mass is 16.6. The molecule has 0 aromatic heterocycles. The third kappa shape index (κ3) is 3.44. The largest absolute Gasteiger partial charge is 0.457 e. The monoisotopic (exact) mass is 265 g/mol. The minimum Gasteiger partial charge on any atom is -0.457 e. The zero-order valence-electron chi connectivity index (χ0n) is 10.0. The maximum Gasteiger partial charge on any atom is 0.420 e. The smallest absolute Gasteiger partial charge is 0.420 e. The molecule has 0 aliphatic rings. The van der Waals surface area contributed by atoms with Gasteiger partial charge in [-0.15, -0.1) is 0 Å². The van der Waals surface area contributed by atoms with Gasteiger partial charge in [0.15, 0.2) is 6.10 Å². The number of ether oxygens (including phenoxy) is 1. The van der Waals surface area contributed by atoms with Crippen LogP contribution in [0.3, 0.4) is 0 Å². The Morgan fingerprint density at radius 3 is 2.53 bits per heavy atom. The molecule has 1 aromatic rings. The van der Waals surface area contributed by atoms with Crippen molar-refractivity contribution in [3.8, 4) is 0 Å². The Balaban J connectivity index is 2.98. The highest BCUT2D eigenvalue weighted by Crippen LogP contribution is 2.18. The first-order valence-corrected chi connectivity index (χ1v) is 5.32. The number of hydrogen-bond donors (Lipinski definition) is 1. The van der Waals surface area contributed by atoms with Gasteiger partial charge in [0, 0.05) is 12.1 Å². The predicted molar refractivity (Wildman–Crippen MR) is 63.3 cm³/mol. The number of carbonyl (C=O) groups is 1. The first kappa shape index (κ1) is 14.5. The van der Waals surface area contributed by atoms with Crippen LogP contribution in [-0.4, -0.2) is 33.1 Å². The summed E-state index contributed by atoms with van der Waals surface area (Å²) in [5.74, 6) is -0.962. The Hall–Kier alpha value is -2.57. The summed E-state index contributed by atoms with van der Waals surface area (Å²) < 4.78 is 4.60. The van der Waals surface area contributed by atoms with Crippen molar-refractivity contribution in [2.24, 2.45) is 0 Å². The molecule has 0 aliphatic heterocycles. The van der Waals surface area contributed by atoms with E-state index in [0.29, 0.717) is 0 Å². The molecule has 0 radical (unpaired) electrons. The van der Waals surface area contributed by atoms with Crippen molar-refractivity contribution in [2.45, 2.75) is 13.0 Å². The maximum absolute atomic E-state index is 11.4. The summed E-state index contributed by atoms with van der Waals surface area (Å²) in [7, 11) is 0. The Labute approximate surface area is 108 Å². The van der Waals surface area contributed by atoms with Crippen molar-refractivity contribution in [1.29, 1.82) is 0 Å². The van der Waals surface area contributed by atoms with Crippen LogP contribution in [0.15, 0.2) is 24.3 Å². The molecule has 0 spiro atoms. The molecule has 0 saturated carbocycles. The molecular formula is C11H11N3O5. The Morgan fingerprint density at radius 2 is 2.11 bits per heavy atom. The number of benzene rings is 1. The molecule has 0 aliphatic carbocycles. The summed E-state index contributed by atoms with van der Waals surface area (Å²) in [5, 5.41) is 20.3. The van der Waals surface area contributed by atoms with Crippen molar-refractivity contribution in [1.82, 2.24) is 0 Å². The number of aliphatic hydroxyl groups is 1. The first-order valence-electron chi connectivity index (χ1n) is 5.32. The molecule has 19 heavy (non-hydrogen) atoms. The van der Waals surface area contributed by atoms with E-state index in [2.05, 4.69) is 9.53 Å². The van der Waals surface area contributed by atoms with Crippen LogP contribution in [0.1, 0.15) is 18.6 Å². The average molecular weight is 265 g/mol. The van der Waals surface area contributed by atoms with Crippen LogP contribution in [0.5, 0.6) is 0 Å². The number of nitro groups is 1. The minimum atomic E-state index is -1.52. The van der Waals surface area contributed by atoms with Crippen LogP contribution in [-0.2, 0) is 9.53 Å². The number of non-ortho nitro benzene ring substituents is 1. The number of rotatable bonds is 5. The summed E-state index contributed by atoms with van der Waals surface area (Å²) in [5.41, 5.74) is 8.14. The van der Waals surface area contributed by atoms with Gasteiger partial charge in [-0.25, -0.2) is 4.79 Å². The van der Waals surface area contributed by atoms with E-state index in [1.54, 1.807) is 6.92 Å². The fraction of sp³-hybridized carbons (Fsp3) is 0.273. The van der Waals surface area contributed by atoms with Gasteiger partial charge in [-0.2, -0.15) is 4.79 Å². The summed E-state index contributed by atoms with van der Waals surface area (Å²) in [6.07, 6.45) is -1.52. The molecule has 1 aromatic carbocycles. The second kappa shape index (κ2) is 6.39. The van der Waals surface area contributed by atoms with Crippen LogP contribution < -0.4 is 0 Å². The lowest BCUT2D eigenvalue weighted by atomic mass is 10.0. The fourth-order valence-corrected chi connectivity index (χ4v) is 1.35. The zero-order chi connectivity index (χ0) is 14.4. The molecule has 100 valence electrons. The van der Waals surface area contributed by atoms with Crippen LogP contribution in [0.2, 0.25) is 0 Å². The third-order valence-corrected chi connectivity index (χ3v) is 2.27. The summed E-state index contributed by atoms with van der Waals surface area (Å²) in [4.78, 5) is 24.0. The fourth-order valence-electron chi connectivity index (χ4n) is 1.35. The molecule has 1 unspecified atom stereocenters. The van der Waals surface area contributed by atoms with Crippen molar-refractivity contribution in [3.05, 3.63) is 45.5 Å². The lowest BCUT2D eigenvalue weighted by molar-refractivity contribution is -0.384. The number of nitro benzene ring substituents is 1. The third-order valence-electron chi connectivity index (χ3n) is 2.27. The van der Waals surface area contributed by atoms with Crippen LogP contribution in [0.4, 0.5) is 5.69 Å². The van der Waals surface area contributed by atoms with Gasteiger partial charge in [-0.05, 0) is 24.6 Å². The van der Waals surface area contributed by atoms with E-state index in [1.807, 2.05) is 0 Å². The van der Waals surface area contributed by atoms with Crippen LogP contribution >= 0.6 is 0 Å². The van der Waals surface area contributed by atoms with Gasteiger partial charge in [0.05, 0.1) is 11.5 Å². The zero-order valence-corrected chi connectivity index (χ0v) is 10.0. The van der Waals surface area contributed by atoms with E-state index in [1.165, 1.54) is 24.3 Å². The van der Waals surface area contributed by atoms with Crippen molar-refractivity contribution < 1.29 is 24.4 Å². The first-order chi connectivity index (χ1) is 9.01. The molecule has 1 rings (SSSR count). The lowest BCUT2D eigenvalue weighted by Crippen LogP contribution is -2.25. The molecule has 0 saturated heterocycles. The average Bonchev–Trinajstić information content (AvgIpc) is 2.39. The van der Waals surface area contributed by atoms with Gasteiger partial charge in [-0.3, -0.25) is 10.1 Å². The van der Waals surface area contributed by atoms with Gasteiger partial charge in [0.25, 0.3) is 5.69 Å². The molecule has 1 atom stereocenters. The topological polar surface area (TPSA) is 126 Å². The van der Waals surface area contributed by atoms with Gasteiger partial charge in [-0.1, -0.05) is 0 Å². The second-order valence-corrected chi connectivity index (χ2v) is 3.46. The Morgan fingerprint density at radius 1 is 1.53 bits per heavy atom. The van der Waals surface area contributed by atoms with Crippen molar-refractivity contribution in [3.63, 3.8) is 0 Å².